The van der Waals surface area contributed by atoms with E-state index >= 15 is 0 Å². The van der Waals surface area contributed by atoms with Gasteiger partial charge in [0.2, 0.25) is 5.91 Å². The van der Waals surface area contributed by atoms with E-state index in [-0.39, 0.29) is 5.91 Å². The summed E-state index contributed by atoms with van der Waals surface area (Å²) in [6.07, 6.45) is 2.85. The Kier molecular flexibility index (Phi) is 4.05. The van der Waals surface area contributed by atoms with E-state index in [1.165, 1.54) is 0 Å². The zero-order valence-electron chi connectivity index (χ0n) is 11.8. The summed E-state index contributed by atoms with van der Waals surface area (Å²) in [5.41, 5.74) is 1.02. The number of amides is 1. The number of carbonyl (C=O) groups is 1. The predicted octanol–water partition coefficient (Wildman–Crippen LogP) is 1.75. The van der Waals surface area contributed by atoms with Crippen molar-refractivity contribution < 1.29 is 14.3 Å². The number of nitrogens with zero attached hydrogens (tertiary/aromatic N) is 2. The molecule has 0 aromatic carbocycles. The van der Waals surface area contributed by atoms with Gasteiger partial charge < -0.3 is 14.4 Å². The lowest BCUT2D eigenvalue weighted by Crippen LogP contribution is -2.47. The summed E-state index contributed by atoms with van der Waals surface area (Å²) in [7, 11) is 0. The molecular formula is C14H20N2O3S. The molecule has 0 N–H and O–H groups in total. The Balaban J connectivity index is 1.46. The number of likely N-dealkylation sites (tertiary alicyclic amines) is 1. The van der Waals surface area contributed by atoms with Gasteiger partial charge >= 0.3 is 0 Å². The van der Waals surface area contributed by atoms with E-state index in [0.29, 0.717) is 19.6 Å². The van der Waals surface area contributed by atoms with E-state index < -0.39 is 5.79 Å². The molecule has 1 amide bonds. The molecule has 2 saturated heterocycles. The van der Waals surface area contributed by atoms with Crippen LogP contribution < -0.4 is 0 Å². The second-order valence-electron chi connectivity index (χ2n) is 5.35. The van der Waals surface area contributed by atoms with Crippen molar-refractivity contribution in [1.29, 1.82) is 0 Å². The van der Waals surface area contributed by atoms with Crippen LogP contribution in [0.5, 0.6) is 0 Å². The summed E-state index contributed by atoms with van der Waals surface area (Å²) < 4.78 is 11.3. The molecule has 2 aliphatic rings. The number of aryl methyl sites for hydroxylation is 2. The first kappa shape index (κ1) is 14.0. The van der Waals surface area contributed by atoms with E-state index in [1.54, 1.807) is 11.3 Å². The van der Waals surface area contributed by atoms with Crippen molar-refractivity contribution in [1.82, 2.24) is 9.88 Å². The quantitative estimate of drug-likeness (QED) is 0.853. The molecule has 2 fully saturated rings. The summed E-state index contributed by atoms with van der Waals surface area (Å²) in [5, 5.41) is 3.09. The number of aromatic nitrogens is 1. The molecule has 20 heavy (non-hydrogen) atoms. The van der Waals surface area contributed by atoms with Gasteiger partial charge in [-0.15, -0.1) is 11.3 Å². The molecule has 0 aliphatic carbocycles. The fourth-order valence-electron chi connectivity index (χ4n) is 2.80. The molecule has 0 radical (unpaired) electrons. The first-order chi connectivity index (χ1) is 9.67. The Morgan fingerprint density at radius 1 is 1.40 bits per heavy atom. The van der Waals surface area contributed by atoms with Crippen molar-refractivity contribution in [2.45, 2.75) is 38.4 Å². The van der Waals surface area contributed by atoms with Crippen LogP contribution in [0.25, 0.3) is 0 Å². The van der Waals surface area contributed by atoms with Gasteiger partial charge in [-0.3, -0.25) is 4.79 Å². The molecule has 0 unspecified atom stereocenters. The fourth-order valence-corrected chi connectivity index (χ4v) is 3.45. The number of hydrogen-bond donors (Lipinski definition) is 0. The van der Waals surface area contributed by atoms with E-state index in [9.17, 15) is 4.79 Å². The molecule has 2 aliphatic heterocycles. The first-order valence-corrected chi connectivity index (χ1v) is 8.02. The van der Waals surface area contributed by atoms with Gasteiger partial charge in [-0.2, -0.15) is 0 Å². The molecule has 5 nitrogen and oxygen atoms in total. The largest absolute Gasteiger partial charge is 0.347 e. The average molecular weight is 296 g/mol. The predicted molar refractivity (Wildman–Crippen MR) is 75.6 cm³/mol. The van der Waals surface area contributed by atoms with E-state index in [4.69, 9.17) is 9.47 Å². The molecule has 1 spiro atoms. The molecule has 110 valence electrons. The lowest BCUT2D eigenvalue weighted by atomic mass is 10.0. The summed E-state index contributed by atoms with van der Waals surface area (Å²) in [4.78, 5) is 18.5. The first-order valence-electron chi connectivity index (χ1n) is 7.14. The van der Waals surface area contributed by atoms with Gasteiger partial charge in [-0.25, -0.2) is 4.98 Å². The van der Waals surface area contributed by atoms with Crippen LogP contribution in [-0.4, -0.2) is 47.9 Å². The minimum Gasteiger partial charge on any atom is -0.347 e. The number of carbonyl (C=O) groups excluding carboxylic acids is 1. The van der Waals surface area contributed by atoms with E-state index in [0.717, 1.165) is 43.1 Å². The smallest absolute Gasteiger partial charge is 0.222 e. The van der Waals surface area contributed by atoms with Gasteiger partial charge in [-0.05, 0) is 13.3 Å². The zero-order chi connectivity index (χ0) is 14.0. The van der Waals surface area contributed by atoms with Crippen LogP contribution in [0.15, 0.2) is 5.38 Å². The number of ether oxygens (including phenoxy) is 2. The maximum atomic E-state index is 12.2. The van der Waals surface area contributed by atoms with Gasteiger partial charge in [-0.1, -0.05) is 0 Å². The number of piperidine rings is 1. The molecule has 0 saturated carbocycles. The maximum absolute atomic E-state index is 12.2. The van der Waals surface area contributed by atoms with Crippen molar-refractivity contribution in [2.75, 3.05) is 26.3 Å². The third kappa shape index (κ3) is 3.02. The average Bonchev–Trinajstić information content (AvgIpc) is 3.07. The Morgan fingerprint density at radius 3 is 2.70 bits per heavy atom. The monoisotopic (exact) mass is 296 g/mol. The Hall–Kier alpha value is -0.980. The topological polar surface area (TPSA) is 51.7 Å². The molecule has 3 rings (SSSR count). The van der Waals surface area contributed by atoms with E-state index in [1.807, 2.05) is 17.2 Å². The summed E-state index contributed by atoms with van der Waals surface area (Å²) in [5.74, 6) is -0.188. The van der Waals surface area contributed by atoms with Crippen molar-refractivity contribution in [3.8, 4) is 0 Å². The highest BCUT2D eigenvalue weighted by Crippen LogP contribution is 2.31. The summed E-state index contributed by atoms with van der Waals surface area (Å²) >= 11 is 1.64. The normalized spacial score (nSPS) is 21.6. The van der Waals surface area contributed by atoms with Crippen molar-refractivity contribution in [3.63, 3.8) is 0 Å². The lowest BCUT2D eigenvalue weighted by Gasteiger charge is -2.37. The Bertz CT molecular complexity index is 473. The second-order valence-corrected chi connectivity index (χ2v) is 6.41. The highest BCUT2D eigenvalue weighted by Gasteiger charge is 2.40. The maximum Gasteiger partial charge on any atom is 0.222 e. The van der Waals surface area contributed by atoms with Crippen molar-refractivity contribution >= 4 is 17.2 Å². The minimum atomic E-state index is -0.400. The number of rotatable bonds is 3. The Morgan fingerprint density at radius 2 is 2.10 bits per heavy atom. The number of hydrogen-bond acceptors (Lipinski definition) is 5. The van der Waals surface area contributed by atoms with Crippen LogP contribution in [0.2, 0.25) is 0 Å². The number of thiazole rings is 1. The van der Waals surface area contributed by atoms with Gasteiger partial charge in [0, 0.05) is 37.7 Å². The molecule has 1 aromatic rings. The third-order valence-corrected chi connectivity index (χ3v) is 4.78. The highest BCUT2D eigenvalue weighted by molar-refractivity contribution is 7.09. The third-order valence-electron chi connectivity index (χ3n) is 3.95. The van der Waals surface area contributed by atoms with Crippen LogP contribution in [0.4, 0.5) is 0 Å². The van der Waals surface area contributed by atoms with E-state index in [2.05, 4.69) is 4.98 Å². The van der Waals surface area contributed by atoms with Crippen LogP contribution in [0, 0.1) is 6.92 Å². The van der Waals surface area contributed by atoms with Crippen molar-refractivity contribution in [3.05, 3.63) is 16.1 Å². The zero-order valence-corrected chi connectivity index (χ0v) is 12.6. The minimum absolute atomic E-state index is 0.212. The highest BCUT2D eigenvalue weighted by atomic mass is 32.1. The van der Waals surface area contributed by atoms with Gasteiger partial charge in [0.15, 0.2) is 5.79 Å². The van der Waals surface area contributed by atoms with Crippen LogP contribution in [0.3, 0.4) is 0 Å². The van der Waals surface area contributed by atoms with Gasteiger partial charge in [0.1, 0.15) is 0 Å². The second kappa shape index (κ2) is 5.79. The standard InChI is InChI=1S/C14H20N2O3S/c1-11-15-12(10-20-11)2-3-13(17)16-6-4-14(5-7-16)18-8-9-19-14/h10H,2-9H2,1H3. The molecule has 0 atom stereocenters. The molecule has 6 heteroatoms. The molecule has 1 aromatic heterocycles. The molecule has 3 heterocycles. The molecular weight excluding hydrogens is 276 g/mol. The summed E-state index contributed by atoms with van der Waals surface area (Å²) in [6, 6.07) is 0. The fraction of sp³-hybridized carbons (Fsp3) is 0.714. The Labute approximate surface area is 122 Å². The van der Waals surface area contributed by atoms with Gasteiger partial charge in [0.25, 0.3) is 0 Å². The van der Waals surface area contributed by atoms with Crippen LogP contribution in [-0.2, 0) is 20.7 Å². The van der Waals surface area contributed by atoms with Crippen molar-refractivity contribution in [2.24, 2.45) is 0 Å². The van der Waals surface area contributed by atoms with Crippen LogP contribution >= 0.6 is 11.3 Å². The lowest BCUT2D eigenvalue weighted by molar-refractivity contribution is -0.187. The summed E-state index contributed by atoms with van der Waals surface area (Å²) in [6.45, 7) is 4.81. The molecule has 0 bridgehead atoms. The SMILES string of the molecule is Cc1nc(CCC(=O)N2CCC3(CC2)OCCO3)cs1. The van der Waals surface area contributed by atoms with Gasteiger partial charge in [0.05, 0.1) is 23.9 Å². The van der Waals surface area contributed by atoms with Crippen LogP contribution in [0.1, 0.15) is 30.0 Å².